The van der Waals surface area contributed by atoms with Crippen LogP contribution in [0.3, 0.4) is 0 Å². The number of ether oxygens (including phenoxy) is 1. The van der Waals surface area contributed by atoms with E-state index in [0.717, 1.165) is 37.2 Å². The summed E-state index contributed by atoms with van der Waals surface area (Å²) in [4.78, 5) is 31.6. The molecule has 0 aromatic rings. The van der Waals surface area contributed by atoms with Gasteiger partial charge in [0.1, 0.15) is 5.60 Å². The van der Waals surface area contributed by atoms with E-state index in [-0.39, 0.29) is 11.9 Å². The van der Waals surface area contributed by atoms with Gasteiger partial charge in [-0.2, -0.15) is 0 Å². The predicted octanol–water partition coefficient (Wildman–Crippen LogP) is 0.0728. The number of hydrogen-bond donors (Lipinski definition) is 3. The molecule has 0 bridgehead atoms. The lowest BCUT2D eigenvalue weighted by atomic mass is 9.95. The van der Waals surface area contributed by atoms with E-state index < -0.39 is 11.3 Å². The zero-order chi connectivity index (χ0) is 18.2. The smallest absolute Gasteiger partial charge is 0.354 e. The highest BCUT2D eigenvalue weighted by Gasteiger charge is 2.54. The van der Waals surface area contributed by atoms with Gasteiger partial charge in [-0.25, -0.2) is 9.79 Å². The van der Waals surface area contributed by atoms with Crippen LogP contribution >= 0.6 is 0 Å². The van der Waals surface area contributed by atoms with Gasteiger partial charge < -0.3 is 15.4 Å². The molecule has 25 heavy (non-hydrogen) atoms. The van der Waals surface area contributed by atoms with Gasteiger partial charge in [-0.1, -0.05) is 0 Å². The summed E-state index contributed by atoms with van der Waals surface area (Å²) in [6.45, 7) is 9.69. The minimum Gasteiger partial charge on any atom is -0.457 e. The molecular formula is C17H27N5O3. The molecule has 8 nitrogen and oxygen atoms in total. The fraction of sp³-hybridized carbons (Fsp3) is 0.706. The van der Waals surface area contributed by atoms with Crippen LogP contribution in [0.4, 0.5) is 0 Å². The maximum Gasteiger partial charge on any atom is 0.354 e. The van der Waals surface area contributed by atoms with Crippen LogP contribution in [0.2, 0.25) is 0 Å². The molecule has 3 heterocycles. The van der Waals surface area contributed by atoms with Gasteiger partial charge >= 0.3 is 5.97 Å². The van der Waals surface area contributed by atoms with Crippen LogP contribution in [-0.2, 0) is 14.3 Å². The number of rotatable bonds is 2. The number of aliphatic imine (C=N–C) groups is 1. The van der Waals surface area contributed by atoms with E-state index >= 15 is 0 Å². The van der Waals surface area contributed by atoms with Crippen molar-refractivity contribution in [3.8, 4) is 0 Å². The van der Waals surface area contributed by atoms with Gasteiger partial charge in [0.05, 0.1) is 0 Å². The van der Waals surface area contributed by atoms with Crippen LogP contribution in [0.25, 0.3) is 0 Å². The third-order valence-corrected chi connectivity index (χ3v) is 4.47. The minimum absolute atomic E-state index is 0.235. The highest BCUT2D eigenvalue weighted by Crippen LogP contribution is 2.37. The first-order valence-corrected chi connectivity index (χ1v) is 8.78. The molecular weight excluding hydrogens is 322 g/mol. The Morgan fingerprint density at radius 2 is 1.92 bits per heavy atom. The van der Waals surface area contributed by atoms with Crippen LogP contribution in [0.1, 0.15) is 40.5 Å². The molecule has 0 radical (unpaired) electrons. The summed E-state index contributed by atoms with van der Waals surface area (Å²) in [7, 11) is 0. The highest BCUT2D eigenvalue weighted by molar-refractivity contribution is 6.00. The monoisotopic (exact) mass is 349 g/mol. The summed E-state index contributed by atoms with van der Waals surface area (Å²) < 4.78 is 5.76. The summed E-state index contributed by atoms with van der Waals surface area (Å²) in [6, 6.07) is 0. The Labute approximate surface area is 148 Å². The number of nitrogens with one attached hydrogen (secondary N) is 3. The Bertz CT molecular complexity index is 643. The summed E-state index contributed by atoms with van der Waals surface area (Å²) in [5.74, 6) is -0.323. The van der Waals surface area contributed by atoms with E-state index in [4.69, 9.17) is 4.74 Å². The molecule has 3 N–H and O–H groups in total. The van der Waals surface area contributed by atoms with Crippen molar-refractivity contribution in [3.05, 3.63) is 11.3 Å². The van der Waals surface area contributed by atoms with Crippen molar-refractivity contribution in [2.24, 2.45) is 4.99 Å². The second kappa shape index (κ2) is 6.42. The van der Waals surface area contributed by atoms with E-state index in [9.17, 15) is 9.59 Å². The Morgan fingerprint density at radius 1 is 1.24 bits per heavy atom. The Hall–Kier alpha value is -1.93. The molecule has 0 aliphatic carbocycles. The zero-order valence-electron chi connectivity index (χ0n) is 15.4. The van der Waals surface area contributed by atoms with E-state index in [2.05, 4.69) is 25.8 Å². The second-order valence-electron chi connectivity index (χ2n) is 7.70. The Morgan fingerprint density at radius 3 is 2.52 bits per heavy atom. The van der Waals surface area contributed by atoms with Crippen molar-refractivity contribution in [3.63, 3.8) is 0 Å². The fourth-order valence-electron chi connectivity index (χ4n) is 3.55. The number of carbonyl (C=O) groups excluding carboxylic acids is 2. The molecule has 1 atom stereocenters. The van der Waals surface area contributed by atoms with Crippen LogP contribution in [0, 0.1) is 0 Å². The van der Waals surface area contributed by atoms with Crippen molar-refractivity contribution in [1.82, 2.24) is 20.9 Å². The number of amides is 1. The molecule has 0 aromatic carbocycles. The number of nitrogens with zero attached hydrogens (tertiary/aromatic N) is 2. The van der Waals surface area contributed by atoms with Crippen LogP contribution < -0.4 is 16.0 Å². The second-order valence-corrected chi connectivity index (χ2v) is 7.70. The van der Waals surface area contributed by atoms with Crippen molar-refractivity contribution in [1.29, 1.82) is 0 Å². The molecule has 3 rings (SSSR count). The third kappa shape index (κ3) is 3.41. The molecule has 138 valence electrons. The van der Waals surface area contributed by atoms with Gasteiger partial charge in [0.25, 0.3) is 0 Å². The summed E-state index contributed by atoms with van der Waals surface area (Å²) in [5, 5.41) is 9.11. The predicted molar refractivity (Wildman–Crippen MR) is 93.7 cm³/mol. The molecule has 0 aromatic heterocycles. The van der Waals surface area contributed by atoms with Crippen molar-refractivity contribution in [2.45, 2.75) is 51.8 Å². The summed E-state index contributed by atoms with van der Waals surface area (Å²) in [5.41, 5.74) is -0.0641. The van der Waals surface area contributed by atoms with Crippen LogP contribution in [0.15, 0.2) is 16.3 Å². The SMILES string of the molecule is CC(=O)NC1=NC(C(=O)OC(C)(C)C)(N2CCCC2)C2=C(CNC2)N1. The average Bonchev–Trinajstić information content (AvgIpc) is 3.15. The van der Waals surface area contributed by atoms with Gasteiger partial charge in [0.15, 0.2) is 0 Å². The van der Waals surface area contributed by atoms with Crippen LogP contribution in [0.5, 0.6) is 0 Å². The molecule has 1 saturated heterocycles. The largest absolute Gasteiger partial charge is 0.457 e. The van der Waals surface area contributed by atoms with Gasteiger partial charge in [-0.15, -0.1) is 0 Å². The first kappa shape index (κ1) is 17.9. The Balaban J connectivity index is 2.08. The van der Waals surface area contributed by atoms with Gasteiger partial charge in [0, 0.05) is 44.4 Å². The fourth-order valence-corrected chi connectivity index (χ4v) is 3.55. The van der Waals surface area contributed by atoms with Crippen LogP contribution in [-0.4, -0.2) is 60.2 Å². The normalized spacial score (nSPS) is 26.8. The standard InChI is InChI=1S/C17H27N5O3/c1-11(23)19-15-20-13-10-18-9-12(13)17(21-15,22-7-5-6-8-22)14(24)25-16(2,3)4/h18H,5-10H2,1-4H3,(H2,19,20,21,23). The number of guanidine groups is 1. The van der Waals surface area contributed by atoms with Gasteiger partial charge in [-0.05, 0) is 33.6 Å². The topological polar surface area (TPSA) is 95.1 Å². The number of hydrogen-bond acceptors (Lipinski definition) is 7. The number of carbonyl (C=O) groups is 2. The van der Waals surface area contributed by atoms with E-state index in [0.29, 0.717) is 19.0 Å². The lowest BCUT2D eigenvalue weighted by molar-refractivity contribution is -0.166. The molecule has 8 heteroatoms. The molecule has 1 unspecified atom stereocenters. The molecule has 0 spiro atoms. The first-order chi connectivity index (χ1) is 11.7. The third-order valence-electron chi connectivity index (χ3n) is 4.47. The highest BCUT2D eigenvalue weighted by atomic mass is 16.6. The van der Waals surface area contributed by atoms with E-state index in [1.54, 1.807) is 0 Å². The quantitative estimate of drug-likeness (QED) is 0.611. The molecule has 3 aliphatic heterocycles. The number of likely N-dealkylation sites (tertiary alicyclic amines) is 1. The maximum atomic E-state index is 13.3. The average molecular weight is 349 g/mol. The summed E-state index contributed by atoms with van der Waals surface area (Å²) in [6.07, 6.45) is 2.03. The van der Waals surface area contributed by atoms with Gasteiger partial charge in [0.2, 0.25) is 17.5 Å². The molecule has 1 fully saturated rings. The maximum absolute atomic E-state index is 13.3. The number of esters is 1. The van der Waals surface area contributed by atoms with Gasteiger partial charge in [-0.3, -0.25) is 15.0 Å². The lowest BCUT2D eigenvalue weighted by Crippen LogP contribution is -2.61. The Kier molecular flexibility index (Phi) is 4.59. The molecule has 0 saturated carbocycles. The lowest BCUT2D eigenvalue weighted by Gasteiger charge is -2.41. The van der Waals surface area contributed by atoms with E-state index in [1.807, 2.05) is 20.8 Å². The molecule has 1 amide bonds. The minimum atomic E-state index is -1.22. The zero-order valence-corrected chi connectivity index (χ0v) is 15.4. The van der Waals surface area contributed by atoms with Crippen molar-refractivity contribution < 1.29 is 14.3 Å². The summed E-state index contributed by atoms with van der Waals surface area (Å²) >= 11 is 0. The van der Waals surface area contributed by atoms with E-state index in [1.165, 1.54) is 6.92 Å². The van der Waals surface area contributed by atoms with Crippen molar-refractivity contribution in [2.75, 3.05) is 26.2 Å². The molecule has 3 aliphatic rings. The first-order valence-electron chi connectivity index (χ1n) is 8.78. The van der Waals surface area contributed by atoms with Crippen molar-refractivity contribution >= 4 is 17.8 Å².